The van der Waals surface area contributed by atoms with Crippen molar-refractivity contribution in [3.8, 4) is 0 Å². The van der Waals surface area contributed by atoms with E-state index in [2.05, 4.69) is 22.4 Å². The molecule has 0 saturated heterocycles. The molecule has 18 heavy (non-hydrogen) atoms. The monoisotopic (exact) mass is 269 g/mol. The van der Waals surface area contributed by atoms with Crippen molar-refractivity contribution in [2.45, 2.75) is 51.5 Å². The number of aromatic nitrogens is 2. The van der Waals surface area contributed by atoms with Crippen LogP contribution in [0.25, 0.3) is 0 Å². The molecule has 1 aromatic heterocycles. The number of nitrogens with one attached hydrogen (secondary N) is 1. The zero-order chi connectivity index (χ0) is 12.6. The predicted molar refractivity (Wildman–Crippen MR) is 74.1 cm³/mol. The van der Waals surface area contributed by atoms with Crippen molar-refractivity contribution in [1.82, 2.24) is 15.5 Å². The van der Waals surface area contributed by atoms with Crippen molar-refractivity contribution < 1.29 is 4.74 Å². The summed E-state index contributed by atoms with van der Waals surface area (Å²) in [7, 11) is 0. The standard InChI is InChI=1S/C13H23N3OS/c1-2-9-17-10-7-13-16-15-12(18-13)4-3-8-14-11-5-6-11/h11,14H,2-10H2,1H3. The molecular formula is C13H23N3OS. The highest BCUT2D eigenvalue weighted by Crippen LogP contribution is 2.18. The van der Waals surface area contributed by atoms with Gasteiger partial charge in [-0.1, -0.05) is 6.92 Å². The molecule has 0 aliphatic heterocycles. The van der Waals surface area contributed by atoms with Crippen LogP contribution in [0.5, 0.6) is 0 Å². The zero-order valence-corrected chi connectivity index (χ0v) is 12.0. The van der Waals surface area contributed by atoms with Crippen molar-refractivity contribution in [3.63, 3.8) is 0 Å². The van der Waals surface area contributed by atoms with Gasteiger partial charge in [0.2, 0.25) is 0 Å². The maximum absolute atomic E-state index is 5.46. The van der Waals surface area contributed by atoms with Gasteiger partial charge in [0.1, 0.15) is 10.0 Å². The Labute approximate surface area is 113 Å². The third kappa shape index (κ3) is 5.42. The van der Waals surface area contributed by atoms with E-state index in [1.807, 2.05) is 0 Å². The molecule has 102 valence electrons. The summed E-state index contributed by atoms with van der Waals surface area (Å²) < 4.78 is 5.46. The van der Waals surface area contributed by atoms with E-state index in [-0.39, 0.29) is 0 Å². The van der Waals surface area contributed by atoms with Gasteiger partial charge in [0.05, 0.1) is 6.61 Å². The fourth-order valence-corrected chi connectivity index (χ4v) is 2.60. The minimum atomic E-state index is 0.770. The topological polar surface area (TPSA) is 47.0 Å². The number of hydrogen-bond acceptors (Lipinski definition) is 5. The molecule has 0 spiro atoms. The molecule has 5 heteroatoms. The fourth-order valence-electron chi connectivity index (χ4n) is 1.73. The third-order valence-electron chi connectivity index (χ3n) is 2.90. The molecule has 4 nitrogen and oxygen atoms in total. The van der Waals surface area contributed by atoms with E-state index >= 15 is 0 Å². The highest BCUT2D eigenvalue weighted by Gasteiger charge is 2.19. The second-order valence-corrected chi connectivity index (χ2v) is 5.93. The van der Waals surface area contributed by atoms with Crippen LogP contribution in [0.4, 0.5) is 0 Å². The molecule has 0 radical (unpaired) electrons. The number of rotatable bonds is 10. The Balaban J connectivity index is 1.56. The summed E-state index contributed by atoms with van der Waals surface area (Å²) in [6, 6.07) is 0.811. The molecule has 0 bridgehead atoms. The van der Waals surface area contributed by atoms with Gasteiger partial charge >= 0.3 is 0 Å². The minimum absolute atomic E-state index is 0.770. The number of hydrogen-bond donors (Lipinski definition) is 1. The van der Waals surface area contributed by atoms with E-state index in [0.717, 1.165) is 61.5 Å². The van der Waals surface area contributed by atoms with Crippen molar-refractivity contribution in [2.75, 3.05) is 19.8 Å². The Hall–Kier alpha value is -0.520. The van der Waals surface area contributed by atoms with Gasteiger partial charge in [-0.3, -0.25) is 0 Å². The second-order valence-electron chi connectivity index (χ2n) is 4.78. The maximum Gasteiger partial charge on any atom is 0.119 e. The van der Waals surface area contributed by atoms with Crippen LogP contribution in [-0.4, -0.2) is 36.0 Å². The van der Waals surface area contributed by atoms with Gasteiger partial charge in [-0.05, 0) is 32.2 Å². The quantitative estimate of drug-likeness (QED) is 0.661. The lowest BCUT2D eigenvalue weighted by atomic mass is 10.3. The van der Waals surface area contributed by atoms with Gasteiger partial charge in [0.25, 0.3) is 0 Å². The maximum atomic E-state index is 5.46. The van der Waals surface area contributed by atoms with E-state index in [9.17, 15) is 0 Å². The molecule has 1 saturated carbocycles. The smallest absolute Gasteiger partial charge is 0.119 e. The first kappa shape index (κ1) is 13.9. The first-order chi connectivity index (χ1) is 8.88. The average molecular weight is 269 g/mol. The Bertz CT molecular complexity index is 339. The Morgan fingerprint density at radius 3 is 2.72 bits per heavy atom. The van der Waals surface area contributed by atoms with Gasteiger partial charge in [0, 0.05) is 25.5 Å². The second kappa shape index (κ2) is 7.81. The SMILES string of the molecule is CCCOCCc1nnc(CCCNC2CC2)s1. The van der Waals surface area contributed by atoms with Crippen molar-refractivity contribution in [3.05, 3.63) is 10.0 Å². The van der Waals surface area contributed by atoms with Crippen LogP contribution in [0, 0.1) is 0 Å². The van der Waals surface area contributed by atoms with Crippen LogP contribution in [0.3, 0.4) is 0 Å². The van der Waals surface area contributed by atoms with Crippen molar-refractivity contribution >= 4 is 11.3 Å². The molecule has 0 amide bonds. The fraction of sp³-hybridized carbons (Fsp3) is 0.846. The molecular weight excluding hydrogens is 246 g/mol. The Morgan fingerprint density at radius 2 is 2.00 bits per heavy atom. The molecule has 2 rings (SSSR count). The summed E-state index contributed by atoms with van der Waals surface area (Å²) in [6.45, 7) is 4.85. The van der Waals surface area contributed by atoms with Crippen LogP contribution < -0.4 is 5.32 Å². The van der Waals surface area contributed by atoms with E-state index in [0.29, 0.717) is 0 Å². The molecule has 0 atom stereocenters. The molecule has 1 aromatic rings. The van der Waals surface area contributed by atoms with Gasteiger partial charge in [-0.15, -0.1) is 21.5 Å². The van der Waals surface area contributed by atoms with Gasteiger partial charge in [-0.2, -0.15) is 0 Å². The van der Waals surface area contributed by atoms with E-state index < -0.39 is 0 Å². The lowest BCUT2D eigenvalue weighted by Gasteiger charge is -1.99. The summed E-state index contributed by atoms with van der Waals surface area (Å²) in [6.07, 6.45) is 6.92. The van der Waals surface area contributed by atoms with E-state index in [1.54, 1.807) is 11.3 Å². The van der Waals surface area contributed by atoms with Gasteiger partial charge in [0.15, 0.2) is 0 Å². The predicted octanol–water partition coefficient (Wildman–Crippen LogP) is 2.19. The van der Waals surface area contributed by atoms with E-state index in [4.69, 9.17) is 4.74 Å². The molecule has 1 heterocycles. The highest BCUT2D eigenvalue weighted by molar-refractivity contribution is 7.11. The van der Waals surface area contributed by atoms with Crippen LogP contribution in [-0.2, 0) is 17.6 Å². The Kier molecular flexibility index (Phi) is 6.04. The van der Waals surface area contributed by atoms with Gasteiger partial charge < -0.3 is 10.1 Å². The number of ether oxygens (including phenoxy) is 1. The molecule has 1 fully saturated rings. The van der Waals surface area contributed by atoms with E-state index in [1.165, 1.54) is 12.8 Å². The van der Waals surface area contributed by atoms with Gasteiger partial charge in [-0.25, -0.2) is 0 Å². The third-order valence-corrected chi connectivity index (χ3v) is 3.94. The Morgan fingerprint density at radius 1 is 1.22 bits per heavy atom. The number of aryl methyl sites for hydroxylation is 1. The largest absolute Gasteiger partial charge is 0.381 e. The normalized spacial score (nSPS) is 15.2. The van der Waals surface area contributed by atoms with Crippen LogP contribution >= 0.6 is 11.3 Å². The molecule has 0 aromatic carbocycles. The molecule has 1 N–H and O–H groups in total. The molecule has 1 aliphatic rings. The number of nitrogens with zero attached hydrogens (tertiary/aromatic N) is 2. The average Bonchev–Trinajstić information content (AvgIpc) is 3.10. The van der Waals surface area contributed by atoms with Crippen molar-refractivity contribution in [1.29, 1.82) is 0 Å². The summed E-state index contributed by atoms with van der Waals surface area (Å²) in [5.74, 6) is 0. The van der Waals surface area contributed by atoms with Crippen LogP contribution in [0.1, 0.15) is 42.6 Å². The first-order valence-electron chi connectivity index (χ1n) is 7.01. The molecule has 0 unspecified atom stereocenters. The minimum Gasteiger partial charge on any atom is -0.381 e. The summed E-state index contributed by atoms with van der Waals surface area (Å²) in [5, 5.41) is 14.2. The lowest BCUT2D eigenvalue weighted by Crippen LogP contribution is -2.17. The molecule has 1 aliphatic carbocycles. The lowest BCUT2D eigenvalue weighted by molar-refractivity contribution is 0.138. The summed E-state index contributed by atoms with van der Waals surface area (Å²) in [4.78, 5) is 0. The van der Waals surface area contributed by atoms with Crippen molar-refractivity contribution in [2.24, 2.45) is 0 Å². The summed E-state index contributed by atoms with van der Waals surface area (Å²) in [5.41, 5.74) is 0. The van der Waals surface area contributed by atoms with Crippen LogP contribution in [0.15, 0.2) is 0 Å². The summed E-state index contributed by atoms with van der Waals surface area (Å²) >= 11 is 1.74. The van der Waals surface area contributed by atoms with Crippen LogP contribution in [0.2, 0.25) is 0 Å². The zero-order valence-electron chi connectivity index (χ0n) is 11.2. The first-order valence-corrected chi connectivity index (χ1v) is 7.82. The highest BCUT2D eigenvalue weighted by atomic mass is 32.1.